The van der Waals surface area contributed by atoms with Gasteiger partial charge in [-0.2, -0.15) is 9.97 Å². The van der Waals surface area contributed by atoms with Gasteiger partial charge in [-0.1, -0.05) is 135 Å². The van der Waals surface area contributed by atoms with E-state index in [1.807, 2.05) is 36.4 Å². The summed E-state index contributed by atoms with van der Waals surface area (Å²) in [4.78, 5) is 15.5. The van der Waals surface area contributed by atoms with E-state index in [1.54, 1.807) is 0 Å². The van der Waals surface area contributed by atoms with Crippen LogP contribution in [0.5, 0.6) is 0 Å². The Bertz CT molecular complexity index is 2970. The third-order valence-corrected chi connectivity index (χ3v) is 11.2. The van der Waals surface area contributed by atoms with E-state index in [9.17, 15) is 0 Å². The van der Waals surface area contributed by atoms with Crippen molar-refractivity contribution in [3.05, 3.63) is 175 Å². The van der Waals surface area contributed by atoms with Crippen LogP contribution < -0.4 is 0 Å². The zero-order valence-corrected chi connectivity index (χ0v) is 29.3. The molecule has 5 heteroatoms. The minimum Gasteiger partial charge on any atom is -0.309 e. The van der Waals surface area contributed by atoms with Gasteiger partial charge in [0, 0.05) is 43.8 Å². The fourth-order valence-corrected chi connectivity index (χ4v) is 8.65. The number of para-hydroxylation sites is 2. The molecule has 5 nitrogen and oxygen atoms in total. The average molecular weight is 680 g/mol. The molecule has 7 aromatic carbocycles. The molecule has 3 heterocycles. The smallest absolute Gasteiger partial charge is 0.238 e. The molecule has 0 unspecified atom stereocenters. The zero-order valence-electron chi connectivity index (χ0n) is 29.3. The second-order valence-electron chi connectivity index (χ2n) is 14.5. The van der Waals surface area contributed by atoms with Gasteiger partial charge in [0.1, 0.15) is 0 Å². The van der Waals surface area contributed by atoms with Crippen LogP contribution in [0, 0.1) is 0 Å². The van der Waals surface area contributed by atoms with Gasteiger partial charge in [-0.15, -0.1) is 0 Å². The van der Waals surface area contributed by atoms with Crippen molar-refractivity contribution < 1.29 is 0 Å². The Kier molecular flexibility index (Phi) is 6.23. The van der Waals surface area contributed by atoms with E-state index in [4.69, 9.17) is 15.0 Å². The minimum atomic E-state index is -0.146. The molecule has 1 aliphatic rings. The van der Waals surface area contributed by atoms with Crippen molar-refractivity contribution in [2.24, 2.45) is 0 Å². The number of rotatable bonds is 4. The molecule has 0 amide bonds. The van der Waals surface area contributed by atoms with Gasteiger partial charge in [0.05, 0.1) is 22.1 Å². The lowest BCUT2D eigenvalue weighted by atomic mass is 9.82. The van der Waals surface area contributed by atoms with Gasteiger partial charge in [0.15, 0.2) is 11.6 Å². The summed E-state index contributed by atoms with van der Waals surface area (Å²) in [6.45, 7) is 4.69. The highest BCUT2D eigenvalue weighted by molar-refractivity contribution is 6.13. The lowest BCUT2D eigenvalue weighted by Gasteiger charge is -2.21. The third-order valence-electron chi connectivity index (χ3n) is 11.2. The molecule has 0 saturated heterocycles. The second-order valence-corrected chi connectivity index (χ2v) is 14.5. The average Bonchev–Trinajstić information content (AvgIpc) is 3.80. The molecule has 0 spiro atoms. The summed E-state index contributed by atoms with van der Waals surface area (Å²) in [5.74, 6) is 1.87. The first-order valence-electron chi connectivity index (χ1n) is 18.1. The Morgan fingerprint density at radius 2 is 0.943 bits per heavy atom. The van der Waals surface area contributed by atoms with Crippen LogP contribution in [-0.4, -0.2) is 24.1 Å². The van der Waals surface area contributed by atoms with Gasteiger partial charge >= 0.3 is 0 Å². The maximum atomic E-state index is 5.23. The molecule has 0 radical (unpaired) electrons. The Balaban J connectivity index is 1.25. The molecule has 0 aliphatic heterocycles. The summed E-state index contributed by atoms with van der Waals surface area (Å²) in [6, 6.07) is 58.2. The van der Waals surface area contributed by atoms with Gasteiger partial charge in [-0.25, -0.2) is 4.98 Å². The largest absolute Gasteiger partial charge is 0.309 e. The molecular formula is C48H33N5. The number of hydrogen-bond donors (Lipinski definition) is 0. The van der Waals surface area contributed by atoms with Gasteiger partial charge in [-0.3, -0.25) is 4.57 Å². The number of nitrogens with zero attached hydrogens (tertiary/aromatic N) is 5. The van der Waals surface area contributed by atoms with E-state index in [-0.39, 0.29) is 5.41 Å². The quantitative estimate of drug-likeness (QED) is 0.186. The fourth-order valence-electron chi connectivity index (χ4n) is 8.65. The van der Waals surface area contributed by atoms with Gasteiger partial charge in [0.25, 0.3) is 0 Å². The Morgan fingerprint density at radius 1 is 0.396 bits per heavy atom. The molecule has 53 heavy (non-hydrogen) atoms. The van der Waals surface area contributed by atoms with Crippen LogP contribution in [0.15, 0.2) is 164 Å². The monoisotopic (exact) mass is 679 g/mol. The lowest BCUT2D eigenvalue weighted by molar-refractivity contribution is 0.661. The highest BCUT2D eigenvalue weighted by Crippen LogP contribution is 2.51. The summed E-state index contributed by atoms with van der Waals surface area (Å²) < 4.78 is 4.64. The van der Waals surface area contributed by atoms with Gasteiger partial charge in [0.2, 0.25) is 5.95 Å². The number of aromatic nitrogens is 5. The summed E-state index contributed by atoms with van der Waals surface area (Å²) >= 11 is 0. The molecule has 3 aromatic heterocycles. The first-order valence-corrected chi connectivity index (χ1v) is 18.1. The topological polar surface area (TPSA) is 48.5 Å². The van der Waals surface area contributed by atoms with Crippen molar-refractivity contribution in [3.8, 4) is 45.5 Å². The molecule has 0 N–H and O–H groups in total. The van der Waals surface area contributed by atoms with Crippen molar-refractivity contribution in [1.82, 2.24) is 24.1 Å². The summed E-state index contributed by atoms with van der Waals surface area (Å²) in [7, 11) is 0. The van der Waals surface area contributed by atoms with Crippen molar-refractivity contribution in [2.45, 2.75) is 19.3 Å². The van der Waals surface area contributed by atoms with E-state index in [1.165, 1.54) is 49.4 Å². The fraction of sp³-hybridized carbons (Fsp3) is 0.0625. The number of benzene rings is 7. The van der Waals surface area contributed by atoms with Crippen LogP contribution in [0.4, 0.5) is 0 Å². The van der Waals surface area contributed by atoms with E-state index in [0.717, 1.165) is 33.2 Å². The van der Waals surface area contributed by atoms with E-state index in [2.05, 4.69) is 150 Å². The normalized spacial score (nSPS) is 13.2. The SMILES string of the molecule is CC1(C)c2ccccc2-c2cc3c(cc21)c1cc(-n2c4ccccc4c4ccccc42)ccc1n3-c1nc(-c2ccccc2)nc(-c2ccccc2)n1. The van der Waals surface area contributed by atoms with Crippen LogP contribution in [0.1, 0.15) is 25.0 Å². The first kappa shape index (κ1) is 29.8. The van der Waals surface area contributed by atoms with Crippen LogP contribution in [0.3, 0.4) is 0 Å². The molecule has 10 aromatic rings. The van der Waals surface area contributed by atoms with Crippen molar-refractivity contribution in [3.63, 3.8) is 0 Å². The molecule has 250 valence electrons. The molecule has 11 rings (SSSR count). The standard InChI is InChI=1S/C48H33N5/c1-48(2)39-22-12-9-19-33(39)36-29-44-38(28-40(36)48)37-27-32(52-41-23-13-10-20-34(41)35-21-11-14-24-42(35)52)25-26-43(37)53(44)47-50-45(30-15-5-3-6-16-30)49-46(51-47)31-17-7-4-8-18-31/h3-29H,1-2H3. The second kappa shape index (κ2) is 11.1. The molecule has 0 saturated carbocycles. The first-order chi connectivity index (χ1) is 26.0. The van der Waals surface area contributed by atoms with E-state index >= 15 is 0 Å². The molecule has 1 aliphatic carbocycles. The van der Waals surface area contributed by atoms with Crippen molar-refractivity contribution >= 4 is 43.6 Å². The third kappa shape index (κ3) is 4.34. The van der Waals surface area contributed by atoms with Gasteiger partial charge < -0.3 is 4.57 Å². The van der Waals surface area contributed by atoms with Crippen LogP contribution in [0.25, 0.3) is 89.2 Å². The Hall–Kier alpha value is -6.85. The van der Waals surface area contributed by atoms with Crippen LogP contribution >= 0.6 is 0 Å². The minimum absolute atomic E-state index is 0.146. The molecule has 0 atom stereocenters. The van der Waals surface area contributed by atoms with Crippen LogP contribution in [0.2, 0.25) is 0 Å². The summed E-state index contributed by atoms with van der Waals surface area (Å²) in [5, 5.41) is 4.81. The zero-order chi connectivity index (χ0) is 35.3. The van der Waals surface area contributed by atoms with Crippen LogP contribution in [-0.2, 0) is 5.41 Å². The van der Waals surface area contributed by atoms with E-state index in [0.29, 0.717) is 17.6 Å². The molecule has 0 fully saturated rings. The maximum absolute atomic E-state index is 5.23. The number of fused-ring (bicyclic) bond motifs is 9. The summed E-state index contributed by atoms with van der Waals surface area (Å²) in [6.07, 6.45) is 0. The molecule has 0 bridgehead atoms. The maximum Gasteiger partial charge on any atom is 0.238 e. The highest BCUT2D eigenvalue weighted by atomic mass is 15.2. The summed E-state index contributed by atoms with van der Waals surface area (Å²) in [5.41, 5.74) is 12.6. The Labute approximate surface area is 306 Å². The molecular weight excluding hydrogens is 647 g/mol. The van der Waals surface area contributed by atoms with Crippen molar-refractivity contribution in [1.29, 1.82) is 0 Å². The van der Waals surface area contributed by atoms with E-state index < -0.39 is 0 Å². The van der Waals surface area contributed by atoms with Crippen molar-refractivity contribution in [2.75, 3.05) is 0 Å². The lowest BCUT2D eigenvalue weighted by Crippen LogP contribution is -2.14. The van der Waals surface area contributed by atoms with Gasteiger partial charge in [-0.05, 0) is 64.7 Å². The Morgan fingerprint density at radius 3 is 1.60 bits per heavy atom. The highest BCUT2D eigenvalue weighted by Gasteiger charge is 2.36. The predicted octanol–water partition coefficient (Wildman–Crippen LogP) is 11.7. The predicted molar refractivity (Wildman–Crippen MR) is 217 cm³/mol. The number of hydrogen-bond acceptors (Lipinski definition) is 3.